The maximum Gasteiger partial charge on any atom is 0.120 e. The summed E-state index contributed by atoms with van der Waals surface area (Å²) in [5, 5.41) is 0.676. The molecule has 0 amide bonds. The van der Waals surface area contributed by atoms with Gasteiger partial charge in [-0.1, -0.05) is 17.7 Å². The first-order valence-electron chi connectivity index (χ1n) is 5.47. The van der Waals surface area contributed by atoms with E-state index in [4.69, 9.17) is 26.8 Å². The highest BCUT2D eigenvalue weighted by Gasteiger charge is 2.23. The Bertz CT molecular complexity index is 340. The van der Waals surface area contributed by atoms with Crippen molar-refractivity contribution < 1.29 is 9.47 Å². The molecule has 0 aromatic heterocycles. The molecule has 3 nitrogen and oxygen atoms in total. The molecule has 1 fully saturated rings. The minimum atomic E-state index is 0.0291. The second kappa shape index (κ2) is 5.53. The van der Waals surface area contributed by atoms with Crippen molar-refractivity contribution in [3.8, 4) is 5.75 Å². The van der Waals surface area contributed by atoms with E-state index in [1.165, 1.54) is 0 Å². The van der Waals surface area contributed by atoms with Crippen LogP contribution in [0.3, 0.4) is 0 Å². The van der Waals surface area contributed by atoms with E-state index in [2.05, 4.69) is 0 Å². The predicted octanol–water partition coefficient (Wildman–Crippen LogP) is 2.08. The minimum absolute atomic E-state index is 0.0291. The van der Waals surface area contributed by atoms with Gasteiger partial charge >= 0.3 is 0 Å². The van der Waals surface area contributed by atoms with E-state index in [1.807, 2.05) is 18.2 Å². The first kappa shape index (κ1) is 11.7. The summed E-state index contributed by atoms with van der Waals surface area (Å²) >= 11 is 5.86. The van der Waals surface area contributed by atoms with Crippen LogP contribution in [0, 0.1) is 5.92 Å². The van der Waals surface area contributed by atoms with Crippen LogP contribution in [0.25, 0.3) is 0 Å². The first-order valence-corrected chi connectivity index (χ1v) is 5.85. The molecule has 1 saturated heterocycles. The second-order valence-electron chi connectivity index (χ2n) is 4.06. The summed E-state index contributed by atoms with van der Waals surface area (Å²) in [7, 11) is 0. The van der Waals surface area contributed by atoms with Crippen molar-refractivity contribution in [2.45, 2.75) is 12.5 Å². The molecular formula is C12H16ClNO2. The Balaban J connectivity index is 1.82. The molecule has 1 aliphatic rings. The second-order valence-corrected chi connectivity index (χ2v) is 4.49. The van der Waals surface area contributed by atoms with Gasteiger partial charge in [-0.15, -0.1) is 0 Å². The monoisotopic (exact) mass is 241 g/mol. The molecule has 2 unspecified atom stereocenters. The Hall–Kier alpha value is -0.770. The van der Waals surface area contributed by atoms with Crippen LogP contribution in [0.1, 0.15) is 6.42 Å². The van der Waals surface area contributed by atoms with Crippen molar-refractivity contribution in [2.24, 2.45) is 11.7 Å². The molecule has 1 aromatic carbocycles. The molecule has 2 atom stereocenters. The maximum absolute atomic E-state index is 6.03. The lowest BCUT2D eigenvalue weighted by atomic mass is 10.0. The van der Waals surface area contributed by atoms with E-state index in [0.29, 0.717) is 17.5 Å². The number of benzene rings is 1. The number of hydrogen-bond donors (Lipinski definition) is 1. The molecule has 0 spiro atoms. The Morgan fingerprint density at radius 3 is 3.12 bits per heavy atom. The van der Waals surface area contributed by atoms with Gasteiger partial charge in [0.15, 0.2) is 0 Å². The topological polar surface area (TPSA) is 44.5 Å². The summed E-state index contributed by atoms with van der Waals surface area (Å²) in [6.07, 6.45) is 1.03. The molecule has 16 heavy (non-hydrogen) atoms. The quantitative estimate of drug-likeness (QED) is 0.878. The highest BCUT2D eigenvalue weighted by Crippen LogP contribution is 2.19. The van der Waals surface area contributed by atoms with Crippen molar-refractivity contribution in [2.75, 3.05) is 19.8 Å². The van der Waals surface area contributed by atoms with Gasteiger partial charge in [0.05, 0.1) is 6.61 Å². The van der Waals surface area contributed by atoms with Gasteiger partial charge in [0, 0.05) is 23.6 Å². The van der Waals surface area contributed by atoms with Crippen LogP contribution in [0.5, 0.6) is 5.75 Å². The van der Waals surface area contributed by atoms with E-state index in [1.54, 1.807) is 6.07 Å². The molecule has 1 aromatic rings. The summed E-state index contributed by atoms with van der Waals surface area (Å²) < 4.78 is 10.9. The molecule has 2 N–H and O–H groups in total. The van der Waals surface area contributed by atoms with Gasteiger partial charge in [-0.3, -0.25) is 0 Å². The Labute approximate surface area is 100 Å². The lowest BCUT2D eigenvalue weighted by molar-refractivity contribution is 0.170. The first-order chi connectivity index (χ1) is 7.75. The summed E-state index contributed by atoms with van der Waals surface area (Å²) in [6, 6.07) is 7.38. The van der Waals surface area contributed by atoms with E-state index in [-0.39, 0.29) is 6.04 Å². The van der Waals surface area contributed by atoms with Crippen LogP contribution in [-0.4, -0.2) is 25.9 Å². The fraction of sp³-hybridized carbons (Fsp3) is 0.500. The lowest BCUT2D eigenvalue weighted by Gasteiger charge is -2.18. The number of hydrogen-bond acceptors (Lipinski definition) is 3. The van der Waals surface area contributed by atoms with Crippen LogP contribution in [0.2, 0.25) is 5.02 Å². The molecule has 0 radical (unpaired) electrons. The van der Waals surface area contributed by atoms with Crippen molar-refractivity contribution in [1.29, 1.82) is 0 Å². The Morgan fingerprint density at radius 1 is 1.56 bits per heavy atom. The van der Waals surface area contributed by atoms with Crippen LogP contribution in [0.4, 0.5) is 0 Å². The highest BCUT2D eigenvalue weighted by molar-refractivity contribution is 6.30. The minimum Gasteiger partial charge on any atom is -0.492 e. The van der Waals surface area contributed by atoms with Crippen molar-refractivity contribution in [1.82, 2.24) is 0 Å². The van der Waals surface area contributed by atoms with E-state index in [0.717, 1.165) is 25.4 Å². The zero-order chi connectivity index (χ0) is 11.4. The number of rotatable bonds is 4. The van der Waals surface area contributed by atoms with Gasteiger partial charge in [0.2, 0.25) is 0 Å². The van der Waals surface area contributed by atoms with Crippen molar-refractivity contribution in [3.05, 3.63) is 29.3 Å². The number of ether oxygens (including phenoxy) is 2. The van der Waals surface area contributed by atoms with Gasteiger partial charge in [-0.2, -0.15) is 0 Å². The average molecular weight is 242 g/mol. The van der Waals surface area contributed by atoms with Crippen molar-refractivity contribution in [3.63, 3.8) is 0 Å². The fourth-order valence-electron chi connectivity index (χ4n) is 1.78. The van der Waals surface area contributed by atoms with Crippen LogP contribution in [0.15, 0.2) is 24.3 Å². The Kier molecular flexibility index (Phi) is 4.04. The molecule has 88 valence electrons. The lowest BCUT2D eigenvalue weighted by Crippen LogP contribution is -2.36. The third-order valence-corrected chi connectivity index (χ3v) is 3.04. The zero-order valence-corrected chi connectivity index (χ0v) is 9.82. The van der Waals surface area contributed by atoms with Crippen molar-refractivity contribution >= 4 is 11.6 Å². The summed E-state index contributed by atoms with van der Waals surface area (Å²) in [5.41, 5.74) is 6.03. The molecule has 0 saturated carbocycles. The van der Waals surface area contributed by atoms with Gasteiger partial charge in [-0.25, -0.2) is 0 Å². The van der Waals surface area contributed by atoms with E-state index < -0.39 is 0 Å². The van der Waals surface area contributed by atoms with E-state index >= 15 is 0 Å². The van der Waals surface area contributed by atoms with Crippen LogP contribution < -0.4 is 10.5 Å². The van der Waals surface area contributed by atoms with E-state index in [9.17, 15) is 0 Å². The molecule has 2 rings (SSSR count). The standard InChI is InChI=1S/C12H16ClNO2/c13-10-2-1-3-11(6-10)16-8-12(14)9-4-5-15-7-9/h1-3,6,9,12H,4-5,7-8,14H2. The van der Waals surface area contributed by atoms with Gasteiger partial charge in [0.1, 0.15) is 12.4 Å². The smallest absolute Gasteiger partial charge is 0.120 e. The highest BCUT2D eigenvalue weighted by atomic mass is 35.5. The number of halogens is 1. The van der Waals surface area contributed by atoms with Gasteiger partial charge < -0.3 is 15.2 Å². The fourth-order valence-corrected chi connectivity index (χ4v) is 1.96. The summed E-state index contributed by atoms with van der Waals surface area (Å²) in [5.74, 6) is 1.18. The molecule has 1 aliphatic heterocycles. The molecule has 0 bridgehead atoms. The van der Waals surface area contributed by atoms with Crippen LogP contribution in [-0.2, 0) is 4.74 Å². The van der Waals surface area contributed by atoms with Gasteiger partial charge in [-0.05, 0) is 24.6 Å². The third-order valence-electron chi connectivity index (χ3n) is 2.81. The molecule has 0 aliphatic carbocycles. The summed E-state index contributed by atoms with van der Waals surface area (Å²) in [4.78, 5) is 0. The number of nitrogens with two attached hydrogens (primary N) is 1. The normalized spacial score (nSPS) is 22.0. The molecule has 1 heterocycles. The molecular weight excluding hydrogens is 226 g/mol. The van der Waals surface area contributed by atoms with Crippen LogP contribution >= 0.6 is 11.6 Å². The maximum atomic E-state index is 6.03. The SMILES string of the molecule is NC(COc1cccc(Cl)c1)C1CCOC1. The molecule has 4 heteroatoms. The largest absolute Gasteiger partial charge is 0.492 e. The zero-order valence-electron chi connectivity index (χ0n) is 9.06. The summed E-state index contributed by atoms with van der Waals surface area (Å²) in [6.45, 7) is 2.07. The van der Waals surface area contributed by atoms with Gasteiger partial charge in [0.25, 0.3) is 0 Å². The average Bonchev–Trinajstić information content (AvgIpc) is 2.79. The Morgan fingerprint density at radius 2 is 2.44 bits per heavy atom. The third kappa shape index (κ3) is 3.11. The predicted molar refractivity (Wildman–Crippen MR) is 63.8 cm³/mol.